The number of ether oxygens (including phenoxy) is 2. The zero-order valence-corrected chi connectivity index (χ0v) is 10.2. The molecule has 0 aromatic carbocycles. The van der Waals surface area contributed by atoms with Crippen LogP contribution in [0.4, 0.5) is 5.95 Å². The van der Waals surface area contributed by atoms with Gasteiger partial charge in [-0.25, -0.2) is 4.98 Å². The fraction of sp³-hybridized carbons (Fsp3) is 0.667. The summed E-state index contributed by atoms with van der Waals surface area (Å²) >= 11 is 0. The molecule has 0 aliphatic carbocycles. The normalized spacial score (nSPS) is 19.9. The predicted molar refractivity (Wildman–Crippen MR) is 65.3 cm³/mol. The van der Waals surface area contributed by atoms with Crippen molar-refractivity contribution >= 4 is 5.95 Å². The summed E-state index contributed by atoms with van der Waals surface area (Å²) in [7, 11) is 0. The van der Waals surface area contributed by atoms with Crippen LogP contribution in [0.15, 0.2) is 12.3 Å². The van der Waals surface area contributed by atoms with Crippen LogP contribution in [-0.4, -0.2) is 35.8 Å². The van der Waals surface area contributed by atoms with Crippen LogP contribution in [0.1, 0.15) is 26.2 Å². The van der Waals surface area contributed by atoms with Crippen molar-refractivity contribution in [3.8, 4) is 5.88 Å². The first-order chi connectivity index (χ1) is 8.38. The lowest BCUT2D eigenvalue weighted by molar-refractivity contribution is 0.0246. The molecule has 1 fully saturated rings. The van der Waals surface area contributed by atoms with Gasteiger partial charge in [0, 0.05) is 25.4 Å². The lowest BCUT2D eigenvalue weighted by Gasteiger charge is -2.22. The molecule has 5 heteroatoms. The Labute approximate surface area is 102 Å². The SMILES string of the molecule is CCOc1ccnc(NCC2CCCCO2)n1. The van der Waals surface area contributed by atoms with Gasteiger partial charge in [0.2, 0.25) is 11.8 Å². The summed E-state index contributed by atoms with van der Waals surface area (Å²) < 4.78 is 10.9. The van der Waals surface area contributed by atoms with E-state index < -0.39 is 0 Å². The van der Waals surface area contributed by atoms with Crippen LogP contribution in [0.25, 0.3) is 0 Å². The van der Waals surface area contributed by atoms with Gasteiger partial charge in [0.25, 0.3) is 0 Å². The van der Waals surface area contributed by atoms with E-state index in [1.807, 2.05) is 6.92 Å². The Hall–Kier alpha value is -1.36. The monoisotopic (exact) mass is 237 g/mol. The summed E-state index contributed by atoms with van der Waals surface area (Å²) in [6, 6.07) is 1.76. The van der Waals surface area contributed by atoms with Crippen molar-refractivity contribution in [1.82, 2.24) is 9.97 Å². The molecule has 1 aliphatic rings. The molecule has 0 spiro atoms. The van der Waals surface area contributed by atoms with Crippen molar-refractivity contribution in [1.29, 1.82) is 0 Å². The van der Waals surface area contributed by atoms with Gasteiger partial charge in [-0.3, -0.25) is 0 Å². The van der Waals surface area contributed by atoms with Gasteiger partial charge in [-0.1, -0.05) is 0 Å². The van der Waals surface area contributed by atoms with Gasteiger partial charge < -0.3 is 14.8 Å². The van der Waals surface area contributed by atoms with Gasteiger partial charge >= 0.3 is 0 Å². The number of rotatable bonds is 5. The highest BCUT2D eigenvalue weighted by molar-refractivity contribution is 5.27. The molecule has 1 saturated heterocycles. The molecular formula is C12H19N3O2. The second kappa shape index (κ2) is 6.39. The molecule has 17 heavy (non-hydrogen) atoms. The van der Waals surface area contributed by atoms with Crippen molar-refractivity contribution in [2.45, 2.75) is 32.3 Å². The first kappa shape index (κ1) is 12.1. The highest BCUT2D eigenvalue weighted by atomic mass is 16.5. The Bertz CT molecular complexity index is 340. The number of aromatic nitrogens is 2. The Morgan fingerprint density at radius 1 is 1.53 bits per heavy atom. The van der Waals surface area contributed by atoms with Crippen LogP contribution in [0, 0.1) is 0 Å². The Balaban J connectivity index is 1.83. The third-order valence-electron chi connectivity index (χ3n) is 2.68. The zero-order chi connectivity index (χ0) is 11.9. The van der Waals surface area contributed by atoms with E-state index in [1.165, 1.54) is 12.8 Å². The molecule has 94 valence electrons. The molecule has 1 atom stereocenters. The van der Waals surface area contributed by atoms with Gasteiger partial charge in [0.15, 0.2) is 0 Å². The average Bonchev–Trinajstić information content (AvgIpc) is 2.39. The zero-order valence-electron chi connectivity index (χ0n) is 10.2. The molecule has 2 heterocycles. The number of nitrogens with one attached hydrogen (secondary N) is 1. The van der Waals surface area contributed by atoms with E-state index in [-0.39, 0.29) is 6.10 Å². The summed E-state index contributed by atoms with van der Waals surface area (Å²) in [6.07, 6.45) is 5.50. The molecule has 1 unspecified atom stereocenters. The number of hydrogen-bond donors (Lipinski definition) is 1. The molecular weight excluding hydrogens is 218 g/mol. The van der Waals surface area contributed by atoms with Gasteiger partial charge in [-0.2, -0.15) is 4.98 Å². The van der Waals surface area contributed by atoms with Crippen molar-refractivity contribution in [3.63, 3.8) is 0 Å². The molecule has 0 radical (unpaired) electrons. The van der Waals surface area contributed by atoms with Gasteiger partial charge in [-0.05, 0) is 26.2 Å². The number of nitrogens with zero attached hydrogens (tertiary/aromatic N) is 2. The molecule has 1 aromatic heterocycles. The predicted octanol–water partition coefficient (Wildman–Crippen LogP) is 1.86. The molecule has 1 aliphatic heterocycles. The lowest BCUT2D eigenvalue weighted by atomic mass is 10.1. The fourth-order valence-corrected chi connectivity index (χ4v) is 1.83. The third kappa shape index (κ3) is 3.85. The summed E-state index contributed by atoms with van der Waals surface area (Å²) in [6.45, 7) is 4.18. The third-order valence-corrected chi connectivity index (χ3v) is 2.68. The Morgan fingerprint density at radius 3 is 3.24 bits per heavy atom. The summed E-state index contributed by atoms with van der Waals surface area (Å²) in [5, 5.41) is 3.19. The van der Waals surface area contributed by atoms with E-state index >= 15 is 0 Å². The topological polar surface area (TPSA) is 56.3 Å². The largest absolute Gasteiger partial charge is 0.478 e. The molecule has 1 aromatic rings. The molecule has 2 rings (SSSR count). The van der Waals surface area contributed by atoms with E-state index in [0.29, 0.717) is 18.4 Å². The lowest BCUT2D eigenvalue weighted by Crippen LogP contribution is -2.27. The maximum atomic E-state index is 5.63. The van der Waals surface area contributed by atoms with Crippen molar-refractivity contribution in [2.24, 2.45) is 0 Å². The van der Waals surface area contributed by atoms with Crippen LogP contribution in [0.5, 0.6) is 5.88 Å². The van der Waals surface area contributed by atoms with E-state index in [1.54, 1.807) is 12.3 Å². The van der Waals surface area contributed by atoms with E-state index in [0.717, 1.165) is 19.6 Å². The fourth-order valence-electron chi connectivity index (χ4n) is 1.83. The average molecular weight is 237 g/mol. The maximum absolute atomic E-state index is 5.63. The molecule has 0 bridgehead atoms. The van der Waals surface area contributed by atoms with Crippen LogP contribution >= 0.6 is 0 Å². The quantitative estimate of drug-likeness (QED) is 0.847. The minimum atomic E-state index is 0.281. The highest BCUT2D eigenvalue weighted by Crippen LogP contribution is 2.13. The second-order valence-electron chi connectivity index (χ2n) is 4.02. The van der Waals surface area contributed by atoms with Crippen molar-refractivity contribution < 1.29 is 9.47 Å². The van der Waals surface area contributed by atoms with E-state index in [2.05, 4.69) is 15.3 Å². The number of hydrogen-bond acceptors (Lipinski definition) is 5. The minimum Gasteiger partial charge on any atom is -0.478 e. The van der Waals surface area contributed by atoms with E-state index in [4.69, 9.17) is 9.47 Å². The van der Waals surface area contributed by atoms with Crippen LogP contribution in [0.3, 0.4) is 0 Å². The Morgan fingerprint density at radius 2 is 2.47 bits per heavy atom. The first-order valence-corrected chi connectivity index (χ1v) is 6.20. The van der Waals surface area contributed by atoms with Crippen LogP contribution in [0.2, 0.25) is 0 Å². The van der Waals surface area contributed by atoms with E-state index in [9.17, 15) is 0 Å². The van der Waals surface area contributed by atoms with Gasteiger partial charge in [-0.15, -0.1) is 0 Å². The maximum Gasteiger partial charge on any atom is 0.226 e. The first-order valence-electron chi connectivity index (χ1n) is 6.20. The standard InChI is InChI=1S/C12H19N3O2/c1-2-16-11-6-7-13-12(15-11)14-9-10-5-3-4-8-17-10/h6-7,10H,2-5,8-9H2,1H3,(H,13,14,15). The molecule has 0 amide bonds. The van der Waals surface area contributed by atoms with Gasteiger partial charge in [0.1, 0.15) is 0 Å². The number of anilines is 1. The summed E-state index contributed by atoms with van der Waals surface area (Å²) in [5.74, 6) is 1.21. The summed E-state index contributed by atoms with van der Waals surface area (Å²) in [5.41, 5.74) is 0. The van der Waals surface area contributed by atoms with Crippen molar-refractivity contribution in [2.75, 3.05) is 25.1 Å². The van der Waals surface area contributed by atoms with Crippen molar-refractivity contribution in [3.05, 3.63) is 12.3 Å². The second-order valence-corrected chi connectivity index (χ2v) is 4.02. The Kier molecular flexibility index (Phi) is 4.55. The van der Waals surface area contributed by atoms with Crippen LogP contribution < -0.4 is 10.1 Å². The molecule has 5 nitrogen and oxygen atoms in total. The molecule has 0 saturated carbocycles. The van der Waals surface area contributed by atoms with Crippen LogP contribution in [-0.2, 0) is 4.74 Å². The van der Waals surface area contributed by atoms with Gasteiger partial charge in [0.05, 0.1) is 12.7 Å². The highest BCUT2D eigenvalue weighted by Gasteiger charge is 2.13. The minimum absolute atomic E-state index is 0.281. The summed E-state index contributed by atoms with van der Waals surface area (Å²) in [4.78, 5) is 8.40. The smallest absolute Gasteiger partial charge is 0.226 e. The molecule has 1 N–H and O–H groups in total.